The first kappa shape index (κ1) is 32.9. The van der Waals surface area contributed by atoms with Gasteiger partial charge in [-0.25, -0.2) is 0 Å². The third-order valence-electron chi connectivity index (χ3n) is 14.8. The Morgan fingerprint density at radius 3 is 2.25 bits per heavy atom. The molecule has 2 unspecified atom stereocenters. The zero-order valence-electron chi connectivity index (χ0n) is 27.5. The maximum absolute atomic E-state index is 12.9. The number of aliphatic hydroxyl groups excluding tert-OH is 5. The standard InChI is InChI=1S/C35H56O9/c1-30(2)11-13-35(29(41)42)14-12-33(5)19(20(35)15-30)7-8-24-31(3)16-21(37)27(44-28-26(40)25(39)22(38)17-43-28)32(4,18-36)23(31)9-10-34(24,33)6/h7,20-28,36-40H,8-18H2,1-6H3,(H,41,42)/t20-,21-,22-,23?,24?,25-,26+,27-,28-,31-,32-,33+,34+,35-/m1/s1. The molecule has 44 heavy (non-hydrogen) atoms. The SMILES string of the molecule is CC1(C)CC[C@@]2(C(=O)O)CC[C@@]3(C)C(=CCC4[C@]5(C)C[C@@H](O)[C@@H](O[C@H]6OC[C@@H](O)[C@@H](O)[C@@H]6O)[C@](C)(CO)C5CC[C@@]43C)[C@H]2C1. The van der Waals surface area contributed by atoms with E-state index in [2.05, 4.69) is 40.7 Å². The van der Waals surface area contributed by atoms with Gasteiger partial charge in [-0.05, 0) is 97.2 Å². The van der Waals surface area contributed by atoms with Crippen LogP contribution in [0.4, 0.5) is 0 Å². The molecule has 6 aliphatic rings. The maximum atomic E-state index is 12.9. The van der Waals surface area contributed by atoms with Crippen LogP contribution in [0.5, 0.6) is 0 Å². The smallest absolute Gasteiger partial charge is 0.310 e. The van der Waals surface area contributed by atoms with Crippen molar-refractivity contribution in [2.75, 3.05) is 13.2 Å². The number of hydrogen-bond donors (Lipinski definition) is 6. The van der Waals surface area contributed by atoms with Gasteiger partial charge in [0.2, 0.25) is 0 Å². The van der Waals surface area contributed by atoms with Crippen molar-refractivity contribution in [3.63, 3.8) is 0 Å². The lowest BCUT2D eigenvalue weighted by atomic mass is 9.33. The first-order chi connectivity index (χ1) is 20.4. The average molecular weight is 621 g/mol. The summed E-state index contributed by atoms with van der Waals surface area (Å²) in [6.07, 6.45) is 2.36. The molecule has 0 spiro atoms. The zero-order chi connectivity index (χ0) is 32.3. The molecule has 0 amide bonds. The third-order valence-corrected chi connectivity index (χ3v) is 14.8. The van der Waals surface area contributed by atoms with Crippen LogP contribution in [-0.4, -0.2) is 86.6 Å². The maximum Gasteiger partial charge on any atom is 0.310 e. The van der Waals surface area contributed by atoms with Gasteiger partial charge in [-0.1, -0.05) is 53.2 Å². The highest BCUT2D eigenvalue weighted by Gasteiger charge is 2.71. The van der Waals surface area contributed by atoms with Crippen molar-refractivity contribution in [3.05, 3.63) is 11.6 Å². The summed E-state index contributed by atoms with van der Waals surface area (Å²) in [7, 11) is 0. The Hall–Kier alpha value is -1.07. The molecule has 5 aliphatic carbocycles. The van der Waals surface area contributed by atoms with E-state index in [1.807, 2.05) is 6.92 Å². The molecular formula is C35H56O9. The van der Waals surface area contributed by atoms with Gasteiger partial charge < -0.3 is 40.1 Å². The molecule has 1 aliphatic heterocycles. The van der Waals surface area contributed by atoms with Crippen LogP contribution in [0.15, 0.2) is 11.6 Å². The molecule has 4 saturated carbocycles. The van der Waals surface area contributed by atoms with E-state index in [4.69, 9.17) is 9.47 Å². The fourth-order valence-electron chi connectivity index (χ4n) is 12.0. The summed E-state index contributed by atoms with van der Waals surface area (Å²) in [5.41, 5.74) is -0.690. The minimum absolute atomic E-state index is 0.0107. The molecule has 0 radical (unpaired) electrons. The van der Waals surface area contributed by atoms with E-state index in [0.29, 0.717) is 12.8 Å². The second kappa shape index (κ2) is 10.5. The number of aliphatic carboxylic acids is 1. The van der Waals surface area contributed by atoms with Crippen molar-refractivity contribution >= 4 is 5.97 Å². The molecule has 250 valence electrons. The average Bonchev–Trinajstić information content (AvgIpc) is 2.94. The number of ether oxygens (including phenoxy) is 2. The van der Waals surface area contributed by atoms with Crippen LogP contribution >= 0.6 is 0 Å². The van der Waals surface area contributed by atoms with Crippen LogP contribution < -0.4 is 0 Å². The van der Waals surface area contributed by atoms with Crippen LogP contribution in [-0.2, 0) is 14.3 Å². The minimum Gasteiger partial charge on any atom is -0.481 e. The van der Waals surface area contributed by atoms with Crippen LogP contribution in [0.1, 0.15) is 99.3 Å². The molecule has 1 saturated heterocycles. The monoisotopic (exact) mass is 620 g/mol. The van der Waals surface area contributed by atoms with Crippen LogP contribution in [0.2, 0.25) is 0 Å². The normalized spacial score (nSPS) is 55.1. The summed E-state index contributed by atoms with van der Waals surface area (Å²) in [6, 6.07) is 0. The van der Waals surface area contributed by atoms with Gasteiger partial charge >= 0.3 is 5.97 Å². The Bertz CT molecular complexity index is 1190. The molecular weight excluding hydrogens is 564 g/mol. The molecule has 0 aromatic rings. The largest absolute Gasteiger partial charge is 0.481 e. The first-order valence-corrected chi connectivity index (χ1v) is 16.9. The summed E-state index contributed by atoms with van der Waals surface area (Å²) in [5, 5.41) is 64.1. The number of carboxylic acids is 1. The highest BCUT2D eigenvalue weighted by Crippen LogP contribution is 2.76. The van der Waals surface area contributed by atoms with Gasteiger partial charge in [0.15, 0.2) is 6.29 Å². The Morgan fingerprint density at radius 2 is 1.59 bits per heavy atom. The van der Waals surface area contributed by atoms with Gasteiger partial charge in [0.25, 0.3) is 0 Å². The Labute approximate surface area is 262 Å². The fourth-order valence-corrected chi connectivity index (χ4v) is 12.0. The molecule has 0 aromatic heterocycles. The van der Waals surface area contributed by atoms with Crippen LogP contribution in [0, 0.1) is 50.2 Å². The highest BCUT2D eigenvalue weighted by atomic mass is 16.7. The summed E-state index contributed by atoms with van der Waals surface area (Å²) in [6.45, 7) is 13.2. The number of fused-ring (bicyclic) bond motifs is 7. The van der Waals surface area contributed by atoms with Gasteiger partial charge in [-0.3, -0.25) is 4.79 Å². The van der Waals surface area contributed by atoms with Crippen molar-refractivity contribution in [3.8, 4) is 0 Å². The van der Waals surface area contributed by atoms with Crippen molar-refractivity contribution in [2.24, 2.45) is 50.2 Å². The Kier molecular flexibility index (Phi) is 7.81. The molecule has 0 aromatic carbocycles. The number of carboxylic acid groups (broad SMARTS) is 1. The summed E-state index contributed by atoms with van der Waals surface area (Å²) in [5.74, 6) is -0.389. The molecule has 6 rings (SSSR count). The van der Waals surface area contributed by atoms with E-state index in [1.54, 1.807) is 0 Å². The lowest BCUT2D eigenvalue weighted by Crippen LogP contribution is -2.69. The number of aliphatic hydroxyl groups is 5. The van der Waals surface area contributed by atoms with Gasteiger partial charge in [0.1, 0.15) is 18.3 Å². The second-order valence-corrected chi connectivity index (χ2v) is 17.4. The van der Waals surface area contributed by atoms with E-state index >= 15 is 0 Å². The lowest BCUT2D eigenvalue weighted by molar-refractivity contribution is -0.328. The molecule has 14 atom stereocenters. The fraction of sp³-hybridized carbons (Fsp3) is 0.914. The molecule has 9 heteroatoms. The van der Waals surface area contributed by atoms with E-state index in [0.717, 1.165) is 44.9 Å². The topological polar surface area (TPSA) is 157 Å². The second-order valence-electron chi connectivity index (χ2n) is 17.4. The molecule has 6 N–H and O–H groups in total. The van der Waals surface area contributed by atoms with Gasteiger partial charge in [0, 0.05) is 5.41 Å². The highest BCUT2D eigenvalue weighted by molar-refractivity contribution is 5.76. The van der Waals surface area contributed by atoms with Crippen molar-refractivity contribution in [2.45, 2.75) is 136 Å². The Balaban J connectivity index is 1.35. The van der Waals surface area contributed by atoms with Crippen molar-refractivity contribution < 1.29 is 44.9 Å². The summed E-state index contributed by atoms with van der Waals surface area (Å²) in [4.78, 5) is 12.9. The number of allylic oxidation sites excluding steroid dienone is 2. The van der Waals surface area contributed by atoms with E-state index < -0.39 is 53.6 Å². The molecule has 1 heterocycles. The van der Waals surface area contributed by atoms with E-state index in [9.17, 15) is 35.4 Å². The summed E-state index contributed by atoms with van der Waals surface area (Å²) < 4.78 is 11.8. The number of rotatable bonds is 4. The zero-order valence-corrected chi connectivity index (χ0v) is 27.5. The van der Waals surface area contributed by atoms with Crippen molar-refractivity contribution in [1.82, 2.24) is 0 Å². The third kappa shape index (κ3) is 4.32. The predicted octanol–water partition coefficient (Wildman–Crippen LogP) is 3.64. The number of carbonyl (C=O) groups is 1. The van der Waals surface area contributed by atoms with E-state index in [-0.39, 0.29) is 52.6 Å². The summed E-state index contributed by atoms with van der Waals surface area (Å²) >= 11 is 0. The quantitative estimate of drug-likeness (QED) is 0.204. The minimum atomic E-state index is -1.48. The van der Waals surface area contributed by atoms with Gasteiger partial charge in [-0.15, -0.1) is 0 Å². The molecule has 9 nitrogen and oxygen atoms in total. The molecule has 0 bridgehead atoms. The molecule has 5 fully saturated rings. The van der Waals surface area contributed by atoms with Crippen LogP contribution in [0.25, 0.3) is 0 Å². The van der Waals surface area contributed by atoms with Crippen molar-refractivity contribution in [1.29, 1.82) is 0 Å². The van der Waals surface area contributed by atoms with E-state index in [1.165, 1.54) is 5.57 Å². The number of hydrogen-bond acceptors (Lipinski definition) is 8. The first-order valence-electron chi connectivity index (χ1n) is 16.9. The lowest BCUT2D eigenvalue weighted by Gasteiger charge is -2.71. The predicted molar refractivity (Wildman–Crippen MR) is 162 cm³/mol. The van der Waals surface area contributed by atoms with Gasteiger partial charge in [-0.2, -0.15) is 0 Å². The van der Waals surface area contributed by atoms with Gasteiger partial charge in [0.05, 0.1) is 30.8 Å². The Morgan fingerprint density at radius 1 is 0.909 bits per heavy atom. The van der Waals surface area contributed by atoms with Crippen LogP contribution in [0.3, 0.4) is 0 Å².